The van der Waals surface area contributed by atoms with Gasteiger partial charge in [0, 0.05) is 12.0 Å². The molecule has 148 valence electrons. The molecule has 3 aromatic heterocycles. The lowest BCUT2D eigenvalue weighted by atomic mass is 10.1. The fourth-order valence-corrected chi connectivity index (χ4v) is 4.17. The Kier molecular flexibility index (Phi) is 3.50. The van der Waals surface area contributed by atoms with Crippen molar-refractivity contribution < 1.29 is 9.26 Å². The van der Waals surface area contributed by atoms with Gasteiger partial charge in [-0.1, -0.05) is 24.2 Å². The maximum atomic E-state index is 13.6. The lowest BCUT2D eigenvalue weighted by Crippen LogP contribution is -2.28. The molecule has 4 aromatic rings. The van der Waals surface area contributed by atoms with E-state index in [2.05, 4.69) is 22.0 Å². The number of ether oxygens (including phenoxy) is 1. The Morgan fingerprint density at radius 1 is 1.24 bits per heavy atom. The van der Waals surface area contributed by atoms with E-state index in [1.165, 1.54) is 0 Å². The summed E-state index contributed by atoms with van der Waals surface area (Å²) in [6.07, 6.45) is 5.79. The van der Waals surface area contributed by atoms with Crippen molar-refractivity contribution in [3.8, 4) is 11.5 Å². The van der Waals surface area contributed by atoms with Crippen LogP contribution in [0.25, 0.3) is 28.1 Å². The van der Waals surface area contributed by atoms with Gasteiger partial charge in [0.05, 0.1) is 23.7 Å². The molecule has 4 heterocycles. The van der Waals surface area contributed by atoms with Crippen LogP contribution in [-0.2, 0) is 16.7 Å². The van der Waals surface area contributed by atoms with E-state index in [0.29, 0.717) is 29.5 Å². The summed E-state index contributed by atoms with van der Waals surface area (Å²) in [6.45, 7) is 3.38. The number of nitrogens with zero attached hydrogens (tertiary/aromatic N) is 5. The molecule has 1 aromatic carbocycles. The molecule has 0 spiro atoms. The van der Waals surface area contributed by atoms with Crippen molar-refractivity contribution in [2.45, 2.75) is 50.7 Å². The van der Waals surface area contributed by atoms with Gasteiger partial charge in [-0.3, -0.25) is 9.20 Å². The first-order valence-corrected chi connectivity index (χ1v) is 10.1. The molecule has 29 heavy (non-hydrogen) atoms. The molecule has 1 unspecified atom stereocenters. The number of imidazole rings is 1. The predicted molar refractivity (Wildman–Crippen MR) is 106 cm³/mol. The fraction of sp³-hybridized carbons (Fsp3) is 0.429. The average molecular weight is 391 g/mol. The maximum Gasteiger partial charge on any atom is 0.277 e. The fourth-order valence-electron chi connectivity index (χ4n) is 4.17. The van der Waals surface area contributed by atoms with Crippen LogP contribution < -0.4 is 5.56 Å². The first kappa shape index (κ1) is 16.9. The summed E-state index contributed by atoms with van der Waals surface area (Å²) in [4.78, 5) is 22.6. The van der Waals surface area contributed by atoms with E-state index in [9.17, 15) is 4.79 Å². The van der Waals surface area contributed by atoms with E-state index in [1.807, 2.05) is 28.7 Å². The molecule has 1 saturated carbocycles. The summed E-state index contributed by atoms with van der Waals surface area (Å²) in [7, 11) is 0. The Balaban J connectivity index is 1.57. The van der Waals surface area contributed by atoms with Gasteiger partial charge in [0.2, 0.25) is 11.7 Å². The van der Waals surface area contributed by atoms with Crippen LogP contribution in [0.1, 0.15) is 38.5 Å². The van der Waals surface area contributed by atoms with Gasteiger partial charge in [-0.15, -0.1) is 0 Å². The monoisotopic (exact) mass is 391 g/mol. The first-order valence-electron chi connectivity index (χ1n) is 10.1. The lowest BCUT2D eigenvalue weighted by Gasteiger charge is -2.16. The summed E-state index contributed by atoms with van der Waals surface area (Å²) < 4.78 is 14.9. The van der Waals surface area contributed by atoms with Crippen molar-refractivity contribution in [3.63, 3.8) is 0 Å². The Morgan fingerprint density at radius 3 is 2.83 bits per heavy atom. The molecule has 2 aliphatic rings. The summed E-state index contributed by atoms with van der Waals surface area (Å²) >= 11 is 0. The first-order chi connectivity index (χ1) is 14.1. The number of para-hydroxylation sites is 2. The second kappa shape index (κ2) is 6.00. The third-order valence-electron chi connectivity index (χ3n) is 6.21. The average Bonchev–Trinajstić information content (AvgIpc) is 3.21. The number of aromatic nitrogens is 5. The van der Waals surface area contributed by atoms with Crippen molar-refractivity contribution in [1.29, 1.82) is 0 Å². The van der Waals surface area contributed by atoms with Crippen molar-refractivity contribution in [3.05, 3.63) is 46.8 Å². The number of fused-ring (bicyclic) bond motifs is 3. The molecule has 6 rings (SSSR count). The van der Waals surface area contributed by atoms with Gasteiger partial charge in [-0.25, -0.2) is 4.98 Å². The highest BCUT2D eigenvalue weighted by atomic mass is 16.5. The molecule has 0 radical (unpaired) electrons. The van der Waals surface area contributed by atoms with E-state index in [1.54, 1.807) is 10.9 Å². The number of hydrogen-bond acceptors (Lipinski definition) is 6. The van der Waals surface area contributed by atoms with Crippen LogP contribution in [0.5, 0.6) is 0 Å². The van der Waals surface area contributed by atoms with Gasteiger partial charge in [0.15, 0.2) is 0 Å². The van der Waals surface area contributed by atoms with Crippen LogP contribution >= 0.6 is 0 Å². The summed E-state index contributed by atoms with van der Waals surface area (Å²) in [5.41, 5.74) is 2.56. The molecule has 1 aliphatic heterocycles. The van der Waals surface area contributed by atoms with Crippen molar-refractivity contribution in [1.82, 2.24) is 24.1 Å². The van der Waals surface area contributed by atoms with Crippen molar-refractivity contribution in [2.24, 2.45) is 0 Å². The Bertz CT molecular complexity index is 1290. The topological polar surface area (TPSA) is 87.5 Å². The predicted octanol–water partition coefficient (Wildman–Crippen LogP) is 2.93. The molecule has 2 fully saturated rings. The minimum absolute atomic E-state index is 0.0342. The molecule has 8 nitrogen and oxygen atoms in total. The van der Waals surface area contributed by atoms with Crippen molar-refractivity contribution in [2.75, 3.05) is 6.61 Å². The Hall–Kier alpha value is -3.00. The SMILES string of the molecule is CC1(c2nc(-c3ncn4c3c(=O)n(CC3CCCO3)c3ccccc34)no2)CC1. The summed E-state index contributed by atoms with van der Waals surface area (Å²) in [5.74, 6) is 0.987. The van der Waals surface area contributed by atoms with Crippen LogP contribution in [-0.4, -0.2) is 36.8 Å². The molecule has 8 heteroatoms. The summed E-state index contributed by atoms with van der Waals surface area (Å²) in [6, 6.07) is 7.86. The van der Waals surface area contributed by atoms with Crippen LogP contribution in [0, 0.1) is 0 Å². The zero-order valence-corrected chi connectivity index (χ0v) is 16.2. The molecule has 1 aliphatic carbocycles. The molecule has 0 N–H and O–H groups in total. The molecular weight excluding hydrogens is 370 g/mol. The van der Waals surface area contributed by atoms with E-state index in [0.717, 1.165) is 43.3 Å². The molecule has 1 atom stereocenters. The number of rotatable bonds is 4. The zero-order valence-electron chi connectivity index (χ0n) is 16.2. The minimum atomic E-state index is -0.115. The normalized spacial score (nSPS) is 20.7. The second-order valence-electron chi connectivity index (χ2n) is 8.34. The smallest absolute Gasteiger partial charge is 0.277 e. The molecule has 1 saturated heterocycles. The number of hydrogen-bond donors (Lipinski definition) is 0. The van der Waals surface area contributed by atoms with Gasteiger partial charge in [-0.2, -0.15) is 4.98 Å². The number of benzene rings is 1. The molecule has 0 amide bonds. The van der Waals surface area contributed by atoms with Crippen LogP contribution in [0.15, 0.2) is 39.9 Å². The van der Waals surface area contributed by atoms with Crippen LogP contribution in [0.2, 0.25) is 0 Å². The van der Waals surface area contributed by atoms with Gasteiger partial charge in [-0.05, 0) is 37.8 Å². The Morgan fingerprint density at radius 2 is 2.07 bits per heavy atom. The standard InChI is InChI=1S/C21H21N5O3/c1-21(8-9-21)20-23-18(24-29-20)16-17-19(27)25(11-13-5-4-10-28-13)14-6-2-3-7-15(14)26(17)12-22-16/h2-3,6-7,12-13H,4-5,8-11H2,1H3. The third-order valence-corrected chi connectivity index (χ3v) is 6.21. The van der Waals surface area contributed by atoms with Crippen LogP contribution in [0.4, 0.5) is 0 Å². The minimum Gasteiger partial charge on any atom is -0.376 e. The van der Waals surface area contributed by atoms with Crippen molar-refractivity contribution >= 4 is 16.6 Å². The largest absolute Gasteiger partial charge is 0.376 e. The Labute approximate surface area is 166 Å². The van der Waals surface area contributed by atoms with Crippen LogP contribution in [0.3, 0.4) is 0 Å². The second-order valence-corrected chi connectivity index (χ2v) is 8.34. The van der Waals surface area contributed by atoms with E-state index in [-0.39, 0.29) is 17.1 Å². The molecular formula is C21H21N5O3. The van der Waals surface area contributed by atoms with Gasteiger partial charge in [0.1, 0.15) is 17.5 Å². The van der Waals surface area contributed by atoms with E-state index in [4.69, 9.17) is 9.26 Å². The van der Waals surface area contributed by atoms with Gasteiger partial charge in [0.25, 0.3) is 5.56 Å². The van der Waals surface area contributed by atoms with E-state index < -0.39 is 0 Å². The zero-order chi connectivity index (χ0) is 19.6. The van der Waals surface area contributed by atoms with E-state index >= 15 is 0 Å². The lowest BCUT2D eigenvalue weighted by molar-refractivity contribution is 0.0973. The molecule has 0 bridgehead atoms. The highest BCUT2D eigenvalue weighted by Crippen LogP contribution is 2.47. The third kappa shape index (κ3) is 2.55. The quantitative estimate of drug-likeness (QED) is 0.532. The van der Waals surface area contributed by atoms with Gasteiger partial charge >= 0.3 is 0 Å². The highest BCUT2D eigenvalue weighted by Gasteiger charge is 2.44. The van der Waals surface area contributed by atoms with Gasteiger partial charge < -0.3 is 13.8 Å². The summed E-state index contributed by atoms with van der Waals surface area (Å²) in [5, 5.41) is 4.13. The maximum absolute atomic E-state index is 13.6. The highest BCUT2D eigenvalue weighted by molar-refractivity contribution is 5.83.